The van der Waals surface area contributed by atoms with Crippen LogP contribution in [0.1, 0.15) is 25.7 Å². The van der Waals surface area contributed by atoms with Crippen LogP contribution < -0.4 is 0 Å². The van der Waals surface area contributed by atoms with Crippen molar-refractivity contribution in [3.8, 4) is 0 Å². The van der Waals surface area contributed by atoms with Crippen molar-refractivity contribution in [3.63, 3.8) is 0 Å². The average Bonchev–Trinajstić information content (AvgIpc) is 2.71. The van der Waals surface area contributed by atoms with E-state index in [4.69, 9.17) is 0 Å². The van der Waals surface area contributed by atoms with Crippen molar-refractivity contribution in [2.75, 3.05) is 0 Å². The third-order valence-corrected chi connectivity index (χ3v) is 2.16. The summed E-state index contributed by atoms with van der Waals surface area (Å²) >= 11 is 0. The van der Waals surface area contributed by atoms with Gasteiger partial charge in [0.05, 0.1) is 0 Å². The molecule has 0 spiro atoms. The third kappa shape index (κ3) is 1.00. The van der Waals surface area contributed by atoms with E-state index in [1.807, 2.05) is 6.08 Å². The Morgan fingerprint density at radius 3 is 2.80 bits per heavy atom. The Kier molecular flexibility index (Phi) is 1.37. The molecule has 0 N–H and O–H groups in total. The van der Waals surface area contributed by atoms with Crippen molar-refractivity contribution >= 4 is 0 Å². The molecule has 0 nitrogen and oxygen atoms in total. The summed E-state index contributed by atoms with van der Waals surface area (Å²) in [6, 6.07) is 0. The molecule has 0 aromatic heterocycles. The molecule has 10 heavy (non-hydrogen) atoms. The van der Waals surface area contributed by atoms with E-state index in [-0.39, 0.29) is 5.83 Å². The number of rotatable bonds is 1. The second-order valence-electron chi connectivity index (χ2n) is 3.08. The Morgan fingerprint density at radius 1 is 1.40 bits per heavy atom. The van der Waals surface area contributed by atoms with Crippen molar-refractivity contribution in [2.45, 2.75) is 25.7 Å². The Hall–Kier alpha value is -0.590. The Balaban J connectivity index is 2.21. The first-order valence-electron chi connectivity index (χ1n) is 3.93. The molecule has 0 heterocycles. The summed E-state index contributed by atoms with van der Waals surface area (Å²) in [7, 11) is 0. The molecule has 0 aromatic carbocycles. The molecule has 1 fully saturated rings. The van der Waals surface area contributed by atoms with Gasteiger partial charge in [-0.1, -0.05) is 12.2 Å². The highest BCUT2D eigenvalue weighted by atomic mass is 19.1. The smallest absolute Gasteiger partial charge is 0.104 e. The molecule has 2 aliphatic rings. The van der Waals surface area contributed by atoms with E-state index in [0.29, 0.717) is 12.3 Å². The summed E-state index contributed by atoms with van der Waals surface area (Å²) in [5, 5.41) is 0. The van der Waals surface area contributed by atoms with Crippen LogP contribution in [0.3, 0.4) is 0 Å². The zero-order chi connectivity index (χ0) is 6.97. The molecule has 0 radical (unpaired) electrons. The van der Waals surface area contributed by atoms with Gasteiger partial charge in [0.25, 0.3) is 0 Å². The molecule has 1 heteroatoms. The fourth-order valence-electron chi connectivity index (χ4n) is 1.41. The molecule has 0 atom stereocenters. The van der Waals surface area contributed by atoms with Crippen LogP contribution >= 0.6 is 0 Å². The SMILES string of the molecule is FC1=C(C2CC2)C=CCC1. The van der Waals surface area contributed by atoms with E-state index in [9.17, 15) is 4.39 Å². The number of allylic oxidation sites excluding steroid dienone is 4. The largest absolute Gasteiger partial charge is 0.212 e. The first kappa shape index (κ1) is 6.14. The molecule has 1 saturated carbocycles. The van der Waals surface area contributed by atoms with Crippen LogP contribution in [0.4, 0.5) is 4.39 Å². The van der Waals surface area contributed by atoms with Crippen LogP contribution in [0.25, 0.3) is 0 Å². The monoisotopic (exact) mass is 138 g/mol. The highest BCUT2D eigenvalue weighted by molar-refractivity contribution is 5.31. The normalized spacial score (nSPS) is 25.7. The summed E-state index contributed by atoms with van der Waals surface area (Å²) in [5.74, 6) is 0.724. The summed E-state index contributed by atoms with van der Waals surface area (Å²) in [6.45, 7) is 0. The molecule has 2 rings (SSSR count). The summed E-state index contributed by atoms with van der Waals surface area (Å²) in [6.07, 6.45) is 7.98. The van der Waals surface area contributed by atoms with Gasteiger partial charge in [-0.05, 0) is 30.8 Å². The zero-order valence-electron chi connectivity index (χ0n) is 5.94. The molecule has 0 unspecified atom stereocenters. The lowest BCUT2D eigenvalue weighted by Gasteiger charge is -2.06. The minimum absolute atomic E-state index is 0.144. The van der Waals surface area contributed by atoms with Crippen molar-refractivity contribution in [3.05, 3.63) is 23.6 Å². The lowest BCUT2D eigenvalue weighted by Crippen LogP contribution is -1.91. The van der Waals surface area contributed by atoms with E-state index >= 15 is 0 Å². The van der Waals surface area contributed by atoms with E-state index in [0.717, 1.165) is 12.0 Å². The molecule has 0 aromatic rings. The third-order valence-electron chi connectivity index (χ3n) is 2.16. The predicted octanol–water partition coefficient (Wildman–Crippen LogP) is 2.97. The molecule has 0 bridgehead atoms. The number of hydrogen-bond acceptors (Lipinski definition) is 0. The van der Waals surface area contributed by atoms with Gasteiger partial charge in [0, 0.05) is 6.42 Å². The van der Waals surface area contributed by atoms with Crippen LogP contribution in [0, 0.1) is 5.92 Å². The van der Waals surface area contributed by atoms with Gasteiger partial charge >= 0.3 is 0 Å². The second-order valence-corrected chi connectivity index (χ2v) is 3.08. The van der Waals surface area contributed by atoms with Gasteiger partial charge in [0.15, 0.2) is 0 Å². The maximum absolute atomic E-state index is 13.0. The Labute approximate surface area is 60.4 Å². The minimum Gasteiger partial charge on any atom is -0.212 e. The second kappa shape index (κ2) is 2.22. The minimum atomic E-state index is 0.144. The predicted molar refractivity (Wildman–Crippen MR) is 39.2 cm³/mol. The van der Waals surface area contributed by atoms with Gasteiger partial charge in [-0.25, -0.2) is 4.39 Å². The van der Waals surface area contributed by atoms with Gasteiger partial charge in [-0.3, -0.25) is 0 Å². The van der Waals surface area contributed by atoms with Crippen molar-refractivity contribution in [1.29, 1.82) is 0 Å². The van der Waals surface area contributed by atoms with Gasteiger partial charge in [0.2, 0.25) is 0 Å². The van der Waals surface area contributed by atoms with E-state index in [1.54, 1.807) is 0 Å². The lowest BCUT2D eigenvalue weighted by atomic mass is 10.0. The highest BCUT2D eigenvalue weighted by Gasteiger charge is 2.27. The molecular formula is C9H11F. The van der Waals surface area contributed by atoms with Crippen LogP contribution in [0.5, 0.6) is 0 Å². The average molecular weight is 138 g/mol. The summed E-state index contributed by atoms with van der Waals surface area (Å²) in [5.41, 5.74) is 0.992. The van der Waals surface area contributed by atoms with Crippen molar-refractivity contribution in [1.82, 2.24) is 0 Å². The Bertz CT molecular complexity index is 197. The molecular weight excluding hydrogens is 127 g/mol. The zero-order valence-corrected chi connectivity index (χ0v) is 5.94. The standard InChI is InChI=1S/C9H11F/c10-9-4-2-1-3-8(9)7-5-6-7/h1,3,7H,2,4-6H2. The maximum atomic E-state index is 13.0. The Morgan fingerprint density at radius 2 is 2.20 bits per heavy atom. The fraction of sp³-hybridized carbons (Fsp3) is 0.556. The van der Waals surface area contributed by atoms with Gasteiger partial charge in [-0.2, -0.15) is 0 Å². The van der Waals surface area contributed by atoms with Crippen LogP contribution in [0.15, 0.2) is 23.6 Å². The van der Waals surface area contributed by atoms with Crippen molar-refractivity contribution in [2.24, 2.45) is 5.92 Å². The highest BCUT2D eigenvalue weighted by Crippen LogP contribution is 2.41. The first-order valence-corrected chi connectivity index (χ1v) is 3.93. The summed E-state index contributed by atoms with van der Waals surface area (Å²) in [4.78, 5) is 0. The van der Waals surface area contributed by atoms with Crippen LogP contribution in [-0.2, 0) is 0 Å². The fourth-order valence-corrected chi connectivity index (χ4v) is 1.41. The van der Waals surface area contributed by atoms with Gasteiger partial charge in [-0.15, -0.1) is 0 Å². The number of halogens is 1. The van der Waals surface area contributed by atoms with Crippen LogP contribution in [0.2, 0.25) is 0 Å². The van der Waals surface area contributed by atoms with E-state index in [2.05, 4.69) is 6.08 Å². The molecule has 0 amide bonds. The maximum Gasteiger partial charge on any atom is 0.104 e. The van der Waals surface area contributed by atoms with E-state index < -0.39 is 0 Å². The molecule has 2 aliphatic carbocycles. The number of hydrogen-bond donors (Lipinski definition) is 0. The molecule has 0 saturated heterocycles. The lowest BCUT2D eigenvalue weighted by molar-refractivity contribution is 0.569. The van der Waals surface area contributed by atoms with Crippen LogP contribution in [-0.4, -0.2) is 0 Å². The summed E-state index contributed by atoms with van der Waals surface area (Å²) < 4.78 is 13.0. The van der Waals surface area contributed by atoms with E-state index in [1.165, 1.54) is 12.8 Å². The molecule has 54 valence electrons. The van der Waals surface area contributed by atoms with Crippen molar-refractivity contribution < 1.29 is 4.39 Å². The topological polar surface area (TPSA) is 0 Å². The first-order chi connectivity index (χ1) is 4.88. The van der Waals surface area contributed by atoms with Gasteiger partial charge in [0.1, 0.15) is 5.83 Å². The molecule has 0 aliphatic heterocycles. The van der Waals surface area contributed by atoms with Gasteiger partial charge < -0.3 is 0 Å². The quantitative estimate of drug-likeness (QED) is 0.522.